The van der Waals surface area contributed by atoms with Crippen molar-refractivity contribution in [1.29, 1.82) is 0 Å². The molecule has 0 radical (unpaired) electrons. The van der Waals surface area contributed by atoms with Gasteiger partial charge in [-0.1, -0.05) is 27.2 Å². The zero-order valence-electron chi connectivity index (χ0n) is 11.3. The van der Waals surface area contributed by atoms with E-state index in [0.29, 0.717) is 0 Å². The van der Waals surface area contributed by atoms with Gasteiger partial charge in [0.05, 0.1) is 0 Å². The predicted molar refractivity (Wildman–Crippen MR) is 67.5 cm³/mol. The normalized spacial score (nSPS) is 25.4. The van der Waals surface area contributed by atoms with E-state index in [1.165, 1.54) is 0 Å². The Morgan fingerprint density at radius 2 is 1.82 bits per heavy atom. The summed E-state index contributed by atoms with van der Waals surface area (Å²) in [4.78, 5) is 26.0. The van der Waals surface area contributed by atoms with Gasteiger partial charge in [0.25, 0.3) is 0 Å². The van der Waals surface area contributed by atoms with Crippen molar-refractivity contribution in [1.82, 2.24) is 10.2 Å². The van der Waals surface area contributed by atoms with Gasteiger partial charge >= 0.3 is 0 Å². The van der Waals surface area contributed by atoms with Gasteiger partial charge in [0.15, 0.2) is 0 Å². The summed E-state index contributed by atoms with van der Waals surface area (Å²) >= 11 is 0. The number of rotatable bonds is 5. The molecular weight excluding hydrogens is 216 g/mol. The van der Waals surface area contributed by atoms with Crippen LogP contribution in [0.4, 0.5) is 0 Å². The highest BCUT2D eigenvalue weighted by molar-refractivity contribution is 5.96. The Kier molecular flexibility index (Phi) is 4.97. The fraction of sp³-hybridized carbons (Fsp3) is 0.846. The number of carbonyl (C=O) groups excluding carboxylic acids is 2. The lowest BCUT2D eigenvalue weighted by molar-refractivity contribution is -0.152. The number of hydrogen-bond donors (Lipinski definition) is 1. The topological polar surface area (TPSA) is 49.4 Å². The molecule has 0 aromatic heterocycles. The molecule has 98 valence electrons. The van der Waals surface area contributed by atoms with Crippen molar-refractivity contribution in [3.8, 4) is 0 Å². The van der Waals surface area contributed by atoms with E-state index in [-0.39, 0.29) is 29.9 Å². The molecule has 17 heavy (non-hydrogen) atoms. The van der Waals surface area contributed by atoms with Crippen LogP contribution in [0.15, 0.2) is 0 Å². The Morgan fingerprint density at radius 1 is 1.24 bits per heavy atom. The molecule has 0 spiro atoms. The molecule has 0 bridgehead atoms. The van der Waals surface area contributed by atoms with Gasteiger partial charge in [-0.3, -0.25) is 9.59 Å². The molecule has 1 heterocycles. The molecule has 0 saturated carbocycles. The predicted octanol–water partition coefficient (Wildman–Crippen LogP) is 1.69. The summed E-state index contributed by atoms with van der Waals surface area (Å²) in [6.07, 6.45) is 3.47. The summed E-state index contributed by atoms with van der Waals surface area (Å²) in [6.45, 7) is 7.95. The van der Waals surface area contributed by atoms with Crippen LogP contribution < -0.4 is 5.32 Å². The van der Waals surface area contributed by atoms with E-state index in [4.69, 9.17) is 0 Å². The monoisotopic (exact) mass is 240 g/mol. The van der Waals surface area contributed by atoms with Crippen LogP contribution in [0.25, 0.3) is 0 Å². The van der Waals surface area contributed by atoms with Crippen molar-refractivity contribution in [2.45, 2.75) is 71.5 Å². The lowest BCUT2D eigenvalue weighted by atomic mass is 9.98. The van der Waals surface area contributed by atoms with E-state index in [1.807, 2.05) is 11.8 Å². The van der Waals surface area contributed by atoms with Crippen molar-refractivity contribution >= 4 is 11.8 Å². The number of piperazine rings is 1. The first kappa shape index (κ1) is 14.0. The molecule has 1 N–H and O–H groups in total. The zero-order valence-corrected chi connectivity index (χ0v) is 11.3. The molecule has 1 aliphatic heterocycles. The van der Waals surface area contributed by atoms with Crippen LogP contribution in [-0.4, -0.2) is 34.8 Å². The molecule has 2 unspecified atom stereocenters. The standard InChI is InChI=1S/C13H24N2O2/c1-5-8-11-12(16)14-9(4)13(17)15(11)10(6-2)7-3/h9-11H,5-8H2,1-4H3,(H,14,16). The van der Waals surface area contributed by atoms with Gasteiger partial charge in [0.1, 0.15) is 12.1 Å². The minimum absolute atomic E-state index is 0.00542. The van der Waals surface area contributed by atoms with E-state index in [2.05, 4.69) is 19.2 Å². The molecule has 2 amide bonds. The second-order valence-electron chi connectivity index (χ2n) is 4.75. The number of carbonyl (C=O) groups is 2. The molecule has 1 saturated heterocycles. The molecule has 2 atom stereocenters. The van der Waals surface area contributed by atoms with Crippen LogP contribution in [0.3, 0.4) is 0 Å². The van der Waals surface area contributed by atoms with Crippen molar-refractivity contribution in [3.05, 3.63) is 0 Å². The van der Waals surface area contributed by atoms with Gasteiger partial charge < -0.3 is 10.2 Å². The fourth-order valence-corrected chi connectivity index (χ4v) is 2.53. The number of nitrogens with zero attached hydrogens (tertiary/aromatic N) is 1. The Morgan fingerprint density at radius 3 is 2.29 bits per heavy atom. The Balaban J connectivity index is 2.96. The van der Waals surface area contributed by atoms with Gasteiger partial charge in [-0.05, 0) is 26.2 Å². The van der Waals surface area contributed by atoms with Gasteiger partial charge in [-0.15, -0.1) is 0 Å². The second-order valence-corrected chi connectivity index (χ2v) is 4.75. The quantitative estimate of drug-likeness (QED) is 0.795. The first-order valence-corrected chi connectivity index (χ1v) is 6.69. The summed E-state index contributed by atoms with van der Waals surface area (Å²) < 4.78 is 0. The van der Waals surface area contributed by atoms with Crippen molar-refractivity contribution in [3.63, 3.8) is 0 Å². The van der Waals surface area contributed by atoms with Crippen LogP contribution in [-0.2, 0) is 9.59 Å². The maximum absolute atomic E-state index is 12.2. The molecule has 1 rings (SSSR count). The maximum atomic E-state index is 12.2. The Hall–Kier alpha value is -1.06. The minimum atomic E-state index is -0.379. The average molecular weight is 240 g/mol. The molecule has 0 aromatic rings. The van der Waals surface area contributed by atoms with Crippen LogP contribution in [0.5, 0.6) is 0 Å². The highest BCUT2D eigenvalue weighted by Crippen LogP contribution is 2.21. The third-order valence-corrected chi connectivity index (χ3v) is 3.52. The van der Waals surface area contributed by atoms with Gasteiger partial charge in [-0.2, -0.15) is 0 Å². The highest BCUT2D eigenvalue weighted by Gasteiger charge is 2.40. The number of hydrogen-bond acceptors (Lipinski definition) is 2. The van der Waals surface area contributed by atoms with E-state index in [9.17, 15) is 9.59 Å². The average Bonchev–Trinajstić information content (AvgIpc) is 2.31. The lowest BCUT2D eigenvalue weighted by Crippen LogP contribution is -2.64. The third kappa shape index (κ3) is 2.79. The third-order valence-electron chi connectivity index (χ3n) is 3.52. The Labute approximate surface area is 104 Å². The molecule has 0 aromatic carbocycles. The van der Waals surface area contributed by atoms with Crippen molar-refractivity contribution in [2.75, 3.05) is 0 Å². The number of amides is 2. The first-order chi connectivity index (χ1) is 8.06. The van der Waals surface area contributed by atoms with Gasteiger partial charge in [0.2, 0.25) is 11.8 Å². The van der Waals surface area contributed by atoms with Gasteiger partial charge in [0, 0.05) is 6.04 Å². The van der Waals surface area contributed by atoms with Gasteiger partial charge in [-0.25, -0.2) is 0 Å². The fourth-order valence-electron chi connectivity index (χ4n) is 2.53. The molecule has 4 nitrogen and oxygen atoms in total. The van der Waals surface area contributed by atoms with Crippen molar-refractivity contribution < 1.29 is 9.59 Å². The summed E-state index contributed by atoms with van der Waals surface area (Å²) in [5, 5.41) is 2.77. The molecule has 4 heteroatoms. The summed E-state index contributed by atoms with van der Waals surface area (Å²) in [6, 6.07) is -0.461. The maximum Gasteiger partial charge on any atom is 0.245 e. The summed E-state index contributed by atoms with van der Waals surface area (Å²) in [5.41, 5.74) is 0. The van der Waals surface area contributed by atoms with Crippen LogP contribution in [0.1, 0.15) is 53.4 Å². The zero-order chi connectivity index (χ0) is 13.0. The SMILES string of the molecule is CCCC1C(=O)NC(C)C(=O)N1C(CC)CC. The van der Waals surface area contributed by atoms with E-state index in [1.54, 1.807) is 6.92 Å². The first-order valence-electron chi connectivity index (χ1n) is 6.69. The molecule has 0 aliphatic carbocycles. The van der Waals surface area contributed by atoms with Crippen LogP contribution in [0.2, 0.25) is 0 Å². The van der Waals surface area contributed by atoms with E-state index in [0.717, 1.165) is 25.7 Å². The van der Waals surface area contributed by atoms with Crippen molar-refractivity contribution in [2.24, 2.45) is 0 Å². The lowest BCUT2D eigenvalue weighted by Gasteiger charge is -2.42. The minimum Gasteiger partial charge on any atom is -0.343 e. The van der Waals surface area contributed by atoms with Crippen LogP contribution in [0, 0.1) is 0 Å². The smallest absolute Gasteiger partial charge is 0.245 e. The van der Waals surface area contributed by atoms with E-state index < -0.39 is 0 Å². The summed E-state index contributed by atoms with van der Waals surface area (Å²) in [5.74, 6) is 0.0719. The molecule has 1 aliphatic rings. The highest BCUT2D eigenvalue weighted by atomic mass is 16.2. The number of nitrogens with one attached hydrogen (secondary N) is 1. The second kappa shape index (κ2) is 6.03. The van der Waals surface area contributed by atoms with Crippen LogP contribution >= 0.6 is 0 Å². The summed E-state index contributed by atoms with van der Waals surface area (Å²) in [7, 11) is 0. The molecule has 1 fully saturated rings. The molecular formula is C13H24N2O2. The Bertz CT molecular complexity index is 287. The van der Waals surface area contributed by atoms with E-state index >= 15 is 0 Å². The largest absolute Gasteiger partial charge is 0.343 e.